The Morgan fingerprint density at radius 3 is 2.59 bits per heavy atom. The van der Waals surface area contributed by atoms with Crippen molar-refractivity contribution in [2.45, 2.75) is 62.9 Å². The van der Waals surface area contributed by atoms with Crippen LogP contribution in [0.2, 0.25) is 5.02 Å². The quantitative estimate of drug-likeness (QED) is 0.698. The van der Waals surface area contributed by atoms with Crippen molar-refractivity contribution >= 4 is 27.5 Å². The molecule has 1 aliphatic carbocycles. The van der Waals surface area contributed by atoms with E-state index in [4.69, 9.17) is 11.6 Å². The van der Waals surface area contributed by atoms with E-state index >= 15 is 0 Å². The maximum absolute atomic E-state index is 12.7. The molecule has 2 N–H and O–H groups in total. The Morgan fingerprint density at radius 1 is 1.17 bits per heavy atom. The molecule has 3 rings (SSSR count). The van der Waals surface area contributed by atoms with Crippen LogP contribution in [-0.2, 0) is 34.1 Å². The molecule has 0 bridgehead atoms. The average molecular weight is 435 g/mol. The number of nitrogens with one attached hydrogen (secondary N) is 2. The second-order valence-electron chi connectivity index (χ2n) is 7.79. The number of hydrogen-bond donors (Lipinski definition) is 2. The first-order chi connectivity index (χ1) is 13.7. The molecule has 5 nitrogen and oxygen atoms in total. The second kappa shape index (κ2) is 9.28. The first-order valence-corrected chi connectivity index (χ1v) is 11.8. The fraction of sp³-hybridized carbons (Fsp3) is 0.409. The predicted octanol–water partition coefficient (Wildman–Crippen LogP) is 3.63. The lowest BCUT2D eigenvalue weighted by molar-refractivity contribution is -0.121. The normalized spacial score (nSPS) is 16.5. The molecule has 7 heteroatoms. The summed E-state index contributed by atoms with van der Waals surface area (Å²) in [4.78, 5) is 12.2. The second-order valence-corrected chi connectivity index (χ2v) is 9.94. The molecule has 1 atom stereocenters. The van der Waals surface area contributed by atoms with Gasteiger partial charge in [-0.05, 0) is 80.5 Å². The highest BCUT2D eigenvalue weighted by molar-refractivity contribution is 7.89. The molecular weight excluding hydrogens is 408 g/mol. The first kappa shape index (κ1) is 21.8. The number of amides is 1. The molecule has 0 aromatic heterocycles. The molecule has 2 aromatic rings. The van der Waals surface area contributed by atoms with Crippen LogP contribution in [0.1, 0.15) is 43.4 Å². The molecule has 1 amide bonds. The van der Waals surface area contributed by atoms with Gasteiger partial charge in [-0.3, -0.25) is 4.79 Å². The summed E-state index contributed by atoms with van der Waals surface area (Å²) in [5.74, 6) is 0.0574. The molecule has 0 fully saturated rings. The zero-order chi connectivity index (χ0) is 21.0. The van der Waals surface area contributed by atoms with Gasteiger partial charge in [-0.25, -0.2) is 13.1 Å². The molecular formula is C22H27ClN2O3S. The van der Waals surface area contributed by atoms with Gasteiger partial charge in [-0.15, -0.1) is 0 Å². The number of hydrogen-bond acceptors (Lipinski definition) is 3. The first-order valence-electron chi connectivity index (χ1n) is 9.91. The summed E-state index contributed by atoms with van der Waals surface area (Å²) in [6.07, 6.45) is 3.33. The minimum absolute atomic E-state index is 0.0574. The monoisotopic (exact) mass is 434 g/mol. The summed E-state index contributed by atoms with van der Waals surface area (Å²) >= 11 is 5.85. The van der Waals surface area contributed by atoms with Gasteiger partial charge in [-0.1, -0.05) is 29.8 Å². The molecule has 29 heavy (non-hydrogen) atoms. The van der Waals surface area contributed by atoms with Crippen molar-refractivity contribution in [2.24, 2.45) is 0 Å². The average Bonchev–Trinajstić information content (AvgIpc) is 2.65. The van der Waals surface area contributed by atoms with Crippen molar-refractivity contribution in [2.75, 3.05) is 0 Å². The summed E-state index contributed by atoms with van der Waals surface area (Å²) in [7, 11) is -3.58. The predicted molar refractivity (Wildman–Crippen MR) is 116 cm³/mol. The summed E-state index contributed by atoms with van der Waals surface area (Å²) in [5, 5.41) is 3.43. The third-order valence-corrected chi connectivity index (χ3v) is 6.88. The highest BCUT2D eigenvalue weighted by Crippen LogP contribution is 2.27. The van der Waals surface area contributed by atoms with Crippen molar-refractivity contribution in [3.05, 3.63) is 64.2 Å². The highest BCUT2D eigenvalue weighted by atomic mass is 35.5. The number of halogens is 1. The van der Waals surface area contributed by atoms with E-state index in [2.05, 4.69) is 22.2 Å². The molecule has 2 aromatic carbocycles. The van der Waals surface area contributed by atoms with E-state index in [0.717, 1.165) is 18.4 Å². The van der Waals surface area contributed by atoms with E-state index in [1.54, 1.807) is 12.1 Å². The van der Waals surface area contributed by atoms with E-state index in [1.807, 2.05) is 19.9 Å². The van der Waals surface area contributed by atoms with Crippen LogP contribution in [0, 0.1) is 0 Å². The number of benzene rings is 2. The number of carbonyl (C=O) groups excluding carboxylic acids is 1. The van der Waals surface area contributed by atoms with Gasteiger partial charge in [0.15, 0.2) is 0 Å². The van der Waals surface area contributed by atoms with Crippen molar-refractivity contribution in [3.8, 4) is 0 Å². The zero-order valence-electron chi connectivity index (χ0n) is 16.7. The third kappa shape index (κ3) is 5.81. The van der Waals surface area contributed by atoms with Gasteiger partial charge in [0, 0.05) is 23.5 Å². The van der Waals surface area contributed by atoms with Gasteiger partial charge in [0.05, 0.1) is 4.90 Å². The Labute approximate surface area is 177 Å². The maximum Gasteiger partial charge on any atom is 0.240 e. The van der Waals surface area contributed by atoms with Crippen LogP contribution in [0.15, 0.2) is 47.4 Å². The zero-order valence-corrected chi connectivity index (χ0v) is 18.3. The number of fused-ring (bicyclic) bond motifs is 1. The smallest absolute Gasteiger partial charge is 0.240 e. The van der Waals surface area contributed by atoms with Crippen LogP contribution in [0.3, 0.4) is 0 Å². The summed E-state index contributed by atoms with van der Waals surface area (Å²) in [6.45, 7) is 3.90. The Hall–Kier alpha value is -1.89. The fourth-order valence-corrected chi connectivity index (χ4v) is 5.16. The third-order valence-electron chi connectivity index (χ3n) is 5.10. The number of sulfonamides is 1. The van der Waals surface area contributed by atoms with Crippen LogP contribution >= 0.6 is 11.6 Å². The van der Waals surface area contributed by atoms with Crippen molar-refractivity contribution in [1.82, 2.24) is 10.0 Å². The van der Waals surface area contributed by atoms with E-state index in [1.165, 1.54) is 23.3 Å². The molecule has 0 spiro atoms. The van der Waals surface area contributed by atoms with Gasteiger partial charge in [0.1, 0.15) is 0 Å². The van der Waals surface area contributed by atoms with Gasteiger partial charge in [0.2, 0.25) is 15.9 Å². The van der Waals surface area contributed by atoms with Gasteiger partial charge in [0.25, 0.3) is 0 Å². The fourth-order valence-electron chi connectivity index (χ4n) is 3.76. The Bertz CT molecular complexity index is 972. The molecule has 0 saturated heterocycles. The van der Waals surface area contributed by atoms with E-state index in [-0.39, 0.29) is 22.9 Å². The molecule has 0 saturated carbocycles. The number of rotatable bonds is 7. The van der Waals surface area contributed by atoms with E-state index < -0.39 is 10.0 Å². The Kier molecular flexibility index (Phi) is 6.98. The van der Waals surface area contributed by atoms with Gasteiger partial charge < -0.3 is 5.32 Å². The van der Waals surface area contributed by atoms with E-state index in [9.17, 15) is 13.2 Å². The lowest BCUT2D eigenvalue weighted by Gasteiger charge is -2.27. The highest BCUT2D eigenvalue weighted by Gasteiger charge is 2.25. The van der Waals surface area contributed by atoms with Crippen LogP contribution in [-0.4, -0.2) is 26.4 Å². The largest absolute Gasteiger partial charge is 0.354 e. The van der Waals surface area contributed by atoms with Crippen molar-refractivity contribution < 1.29 is 13.2 Å². The number of aryl methyl sites for hydroxylation is 1. The Morgan fingerprint density at radius 2 is 1.90 bits per heavy atom. The molecule has 0 heterocycles. The van der Waals surface area contributed by atoms with Gasteiger partial charge >= 0.3 is 0 Å². The summed E-state index contributed by atoms with van der Waals surface area (Å²) in [5.41, 5.74) is 3.59. The summed E-state index contributed by atoms with van der Waals surface area (Å²) < 4.78 is 28.1. The Balaban J connectivity index is 1.67. The van der Waals surface area contributed by atoms with Crippen LogP contribution in [0.25, 0.3) is 0 Å². The van der Waals surface area contributed by atoms with Gasteiger partial charge in [-0.2, -0.15) is 0 Å². The minimum Gasteiger partial charge on any atom is -0.354 e. The topological polar surface area (TPSA) is 75.3 Å². The molecule has 0 radical (unpaired) electrons. The lowest BCUT2D eigenvalue weighted by Crippen LogP contribution is -2.39. The minimum atomic E-state index is -3.58. The SMILES string of the molecule is CC(C)NC(=O)CCc1cccc2c1CCC(NS(=O)(=O)c1ccc(Cl)cc1)C2. The molecule has 156 valence electrons. The van der Waals surface area contributed by atoms with Crippen LogP contribution in [0.5, 0.6) is 0 Å². The van der Waals surface area contributed by atoms with Crippen molar-refractivity contribution in [1.29, 1.82) is 0 Å². The maximum atomic E-state index is 12.7. The summed E-state index contributed by atoms with van der Waals surface area (Å²) in [6, 6.07) is 12.3. The number of carbonyl (C=O) groups is 1. The lowest BCUT2D eigenvalue weighted by atomic mass is 9.84. The standard InChI is InChI=1S/C22H27ClN2O3S/c1-15(2)24-22(26)13-6-16-4-3-5-17-14-19(9-12-21(16)17)25-29(27,28)20-10-7-18(23)8-11-20/h3-5,7-8,10-11,15,19,25H,6,9,12-14H2,1-2H3,(H,24,26). The van der Waals surface area contributed by atoms with Crippen LogP contribution in [0.4, 0.5) is 0 Å². The molecule has 0 aliphatic heterocycles. The van der Waals surface area contributed by atoms with Crippen molar-refractivity contribution in [3.63, 3.8) is 0 Å². The molecule has 1 unspecified atom stereocenters. The van der Waals surface area contributed by atoms with Crippen LogP contribution < -0.4 is 10.0 Å². The molecule has 1 aliphatic rings. The van der Waals surface area contributed by atoms with E-state index in [0.29, 0.717) is 24.3 Å².